The van der Waals surface area contributed by atoms with Crippen LogP contribution in [0, 0.1) is 13.8 Å². The number of carbonyl (C=O) groups is 2. The van der Waals surface area contributed by atoms with Crippen LogP contribution < -0.4 is 0 Å². The molecule has 4 nitrogen and oxygen atoms in total. The van der Waals surface area contributed by atoms with Gasteiger partial charge in [0.25, 0.3) is 0 Å². The average molecular weight is 551 g/mol. The molecule has 35 heavy (non-hydrogen) atoms. The zero-order valence-electron chi connectivity index (χ0n) is 18.3. The number of cyclic esters (lactones) is 2. The van der Waals surface area contributed by atoms with Gasteiger partial charge in [-0.25, -0.2) is 9.59 Å². The number of hydrogen-bond acceptors (Lipinski definition) is 9. The lowest BCUT2D eigenvalue weighted by molar-refractivity contribution is -0.133. The number of esters is 2. The Bertz CT molecular complexity index is 1810. The van der Waals surface area contributed by atoms with E-state index in [4.69, 9.17) is 9.47 Å². The zero-order chi connectivity index (χ0) is 23.8. The summed E-state index contributed by atoms with van der Waals surface area (Å²) in [7, 11) is 0. The van der Waals surface area contributed by atoms with E-state index < -0.39 is 11.9 Å². The molecule has 2 aliphatic rings. The van der Waals surface area contributed by atoms with Crippen LogP contribution in [0.25, 0.3) is 40.1 Å². The predicted molar refractivity (Wildman–Crippen MR) is 147 cm³/mol. The second-order valence-electron chi connectivity index (χ2n) is 8.15. The Kier molecular flexibility index (Phi) is 4.81. The smallest absolute Gasteiger partial charge is 0.344 e. The third-order valence-corrected chi connectivity index (χ3v) is 11.7. The summed E-state index contributed by atoms with van der Waals surface area (Å²) in [5, 5.41) is 0. The normalized spacial score (nSPS) is 18.0. The lowest BCUT2D eigenvalue weighted by Crippen LogP contribution is -2.05. The van der Waals surface area contributed by atoms with Crippen LogP contribution in [0.1, 0.15) is 19.5 Å². The number of hydrogen-bond donors (Lipinski definition) is 0. The summed E-state index contributed by atoms with van der Waals surface area (Å²) in [5.74, 6) is -0.133. The topological polar surface area (TPSA) is 52.6 Å². The molecule has 2 aliphatic heterocycles. The largest absolute Gasteiger partial charge is 0.421 e. The van der Waals surface area contributed by atoms with Gasteiger partial charge in [0, 0.05) is 28.9 Å². The summed E-state index contributed by atoms with van der Waals surface area (Å²) in [6, 6.07) is 12.4. The molecule has 172 valence electrons. The van der Waals surface area contributed by atoms with Crippen LogP contribution in [0.5, 0.6) is 0 Å². The number of aryl methyl sites for hydroxylation is 2. The first kappa shape index (κ1) is 21.5. The number of rotatable bonds is 3. The van der Waals surface area contributed by atoms with Crippen molar-refractivity contribution in [3.8, 4) is 9.75 Å². The Hall–Kier alpha value is -2.82. The van der Waals surface area contributed by atoms with E-state index in [9.17, 15) is 9.59 Å². The van der Waals surface area contributed by atoms with Crippen molar-refractivity contribution in [2.45, 2.75) is 13.8 Å². The Morgan fingerprint density at radius 3 is 1.86 bits per heavy atom. The molecular formula is C26H14O4S5. The van der Waals surface area contributed by atoms with Gasteiger partial charge < -0.3 is 9.47 Å². The van der Waals surface area contributed by atoms with Gasteiger partial charge in [-0.3, -0.25) is 0 Å². The van der Waals surface area contributed by atoms with Gasteiger partial charge in [-0.2, -0.15) is 0 Å². The number of fused-ring (bicyclic) bond motifs is 3. The van der Waals surface area contributed by atoms with Crippen molar-refractivity contribution in [2.75, 3.05) is 0 Å². The third-order valence-electron chi connectivity index (χ3n) is 5.71. The van der Waals surface area contributed by atoms with Gasteiger partial charge in [0.15, 0.2) is 0 Å². The molecule has 0 unspecified atom stereocenters. The average Bonchev–Trinajstić information content (AvgIpc) is 3.61. The minimum atomic E-state index is -0.533. The molecule has 0 saturated carbocycles. The Morgan fingerprint density at radius 2 is 1.17 bits per heavy atom. The molecule has 0 N–H and O–H groups in total. The molecule has 0 aromatic carbocycles. The van der Waals surface area contributed by atoms with Crippen molar-refractivity contribution in [3.63, 3.8) is 0 Å². The highest BCUT2D eigenvalue weighted by atomic mass is 32.1. The van der Waals surface area contributed by atoms with Gasteiger partial charge in [-0.05, 0) is 62.4 Å². The first-order chi connectivity index (χ1) is 16.9. The first-order valence-corrected chi connectivity index (χ1v) is 14.7. The highest BCUT2D eigenvalue weighted by Gasteiger charge is 2.33. The van der Waals surface area contributed by atoms with Crippen molar-refractivity contribution < 1.29 is 19.1 Å². The molecule has 0 aliphatic carbocycles. The lowest BCUT2D eigenvalue weighted by atomic mass is 10.1. The van der Waals surface area contributed by atoms with Crippen LogP contribution in [0.15, 0.2) is 59.7 Å². The van der Waals surface area contributed by atoms with Gasteiger partial charge in [-0.1, -0.05) is 0 Å². The third kappa shape index (κ3) is 3.49. The molecule has 0 bridgehead atoms. The van der Waals surface area contributed by atoms with Crippen molar-refractivity contribution >= 4 is 98.9 Å². The van der Waals surface area contributed by atoms with E-state index in [1.807, 2.05) is 47.8 Å². The number of carbonyl (C=O) groups excluding carboxylic acids is 2. The quantitative estimate of drug-likeness (QED) is 0.167. The number of ether oxygens (including phenoxy) is 2. The molecular weight excluding hydrogens is 537 g/mol. The Morgan fingerprint density at radius 1 is 0.571 bits per heavy atom. The van der Waals surface area contributed by atoms with E-state index >= 15 is 0 Å². The van der Waals surface area contributed by atoms with Gasteiger partial charge in [0.2, 0.25) is 0 Å². The summed E-state index contributed by atoms with van der Waals surface area (Å²) in [4.78, 5) is 31.7. The van der Waals surface area contributed by atoms with Crippen molar-refractivity contribution in [2.24, 2.45) is 0 Å². The van der Waals surface area contributed by atoms with Crippen LogP contribution in [0.3, 0.4) is 0 Å². The number of thiophene rings is 5. The maximum absolute atomic E-state index is 12.7. The second kappa shape index (κ2) is 7.84. The van der Waals surface area contributed by atoms with E-state index in [1.54, 1.807) is 34.8 Å². The lowest BCUT2D eigenvalue weighted by Gasteiger charge is -1.97. The summed E-state index contributed by atoms with van der Waals surface area (Å²) in [6.45, 7) is 4.14. The van der Waals surface area contributed by atoms with Crippen molar-refractivity contribution in [1.29, 1.82) is 0 Å². The van der Waals surface area contributed by atoms with Crippen LogP contribution in [-0.2, 0) is 19.1 Å². The monoisotopic (exact) mass is 550 g/mol. The molecule has 5 aromatic heterocycles. The molecule has 0 radical (unpaired) electrons. The summed E-state index contributed by atoms with van der Waals surface area (Å²) in [6.07, 6.45) is 3.29. The molecule has 0 spiro atoms. The van der Waals surface area contributed by atoms with Crippen molar-refractivity contribution in [1.82, 2.24) is 0 Å². The van der Waals surface area contributed by atoms with Gasteiger partial charge in [0.1, 0.15) is 11.5 Å². The van der Waals surface area contributed by atoms with Gasteiger partial charge in [-0.15, -0.1) is 56.7 Å². The van der Waals surface area contributed by atoms with Crippen molar-refractivity contribution in [3.05, 3.63) is 79.2 Å². The molecule has 7 heterocycles. The van der Waals surface area contributed by atoms with E-state index in [0.29, 0.717) is 11.5 Å². The molecule has 0 amide bonds. The second-order valence-corrected chi connectivity index (χ2v) is 13.9. The fourth-order valence-corrected chi connectivity index (χ4v) is 9.91. The molecule has 5 aromatic rings. The standard InChI is InChI=1S/C26H14O4S5/c1-11-3-4-17(31-11)15-8-13(25(27)29-15)14-9-16(30-26(14)28)18-5-6-19(33-18)20-10-22-24(35-20)23-21(34-22)7-12(2)32-23/h3-10H,1-2H3/b14-13+. The van der Waals surface area contributed by atoms with Gasteiger partial charge >= 0.3 is 11.9 Å². The van der Waals surface area contributed by atoms with E-state index in [-0.39, 0.29) is 11.1 Å². The first-order valence-electron chi connectivity index (χ1n) is 10.6. The van der Waals surface area contributed by atoms with Crippen LogP contribution in [0.4, 0.5) is 0 Å². The molecule has 9 heteroatoms. The van der Waals surface area contributed by atoms with Crippen LogP contribution >= 0.6 is 56.7 Å². The highest BCUT2D eigenvalue weighted by molar-refractivity contribution is 7.39. The SMILES string of the molecule is Cc1ccc(C2=C/C(=C3/C=C(c4ccc(-c5cc6sc7cc(C)sc7c6s5)s4)OC3=O)C(=O)O2)s1. The molecule has 0 saturated heterocycles. The highest BCUT2D eigenvalue weighted by Crippen LogP contribution is 2.47. The van der Waals surface area contributed by atoms with E-state index in [2.05, 4.69) is 25.1 Å². The van der Waals surface area contributed by atoms with Crippen LogP contribution in [-0.4, -0.2) is 11.9 Å². The molecule has 0 fully saturated rings. The summed E-state index contributed by atoms with van der Waals surface area (Å²) in [5.41, 5.74) is 0.465. The maximum Gasteiger partial charge on any atom is 0.344 e. The Balaban J connectivity index is 1.22. The fraction of sp³-hybridized carbons (Fsp3) is 0.0769. The minimum Gasteiger partial charge on any atom is -0.421 e. The Labute approximate surface area is 219 Å². The zero-order valence-corrected chi connectivity index (χ0v) is 22.4. The molecule has 0 atom stereocenters. The fourth-order valence-electron chi connectivity index (χ4n) is 4.11. The van der Waals surface area contributed by atoms with Gasteiger partial charge in [0.05, 0.1) is 30.3 Å². The summed E-state index contributed by atoms with van der Waals surface area (Å²) >= 11 is 8.60. The van der Waals surface area contributed by atoms with Crippen LogP contribution in [0.2, 0.25) is 0 Å². The predicted octanol–water partition coefficient (Wildman–Crippen LogP) is 8.38. The molecule has 7 rings (SSSR count). The minimum absolute atomic E-state index is 0.232. The van der Waals surface area contributed by atoms with E-state index in [0.717, 1.165) is 19.5 Å². The summed E-state index contributed by atoms with van der Waals surface area (Å²) < 4.78 is 16.4. The van der Waals surface area contributed by atoms with E-state index in [1.165, 1.54) is 39.9 Å². The maximum atomic E-state index is 12.7.